The van der Waals surface area contributed by atoms with Crippen molar-refractivity contribution in [3.05, 3.63) is 53.6 Å². The molecule has 0 unspecified atom stereocenters. The van der Waals surface area contributed by atoms with Crippen molar-refractivity contribution in [1.82, 2.24) is 0 Å². The highest BCUT2D eigenvalue weighted by Crippen LogP contribution is 2.36. The van der Waals surface area contributed by atoms with Crippen LogP contribution in [0.4, 0.5) is 0 Å². The van der Waals surface area contributed by atoms with Gasteiger partial charge in [-0.1, -0.05) is 18.2 Å². The number of carbonyl (C=O) groups excluding carboxylic acids is 1. The molecule has 56 heavy (non-hydrogen) atoms. The Hall–Kier alpha value is -3.75. The second-order valence-electron chi connectivity index (χ2n) is 13.2. The van der Waals surface area contributed by atoms with Gasteiger partial charge in [0.1, 0.15) is 67.1 Å². The van der Waals surface area contributed by atoms with Crippen molar-refractivity contribution in [2.24, 2.45) is 0 Å². The zero-order valence-electron chi connectivity index (χ0n) is 29.4. The number of para-hydroxylation sites is 1. The summed E-state index contributed by atoms with van der Waals surface area (Å²) < 4.78 is 40.8. The molecule has 21 heteroatoms. The van der Waals surface area contributed by atoms with Gasteiger partial charge in [0.05, 0.1) is 26.4 Å². The second kappa shape index (κ2) is 19.1. The zero-order chi connectivity index (χ0) is 40.8. The number of aromatic hydroxyl groups is 4. The largest absolute Gasteiger partial charge is 0.504 e. The molecule has 3 fully saturated rings. The first-order valence-electron chi connectivity index (χ1n) is 17.4. The van der Waals surface area contributed by atoms with Crippen LogP contribution in [-0.2, 0) is 44.4 Å². The molecular formula is C35H46O21. The highest BCUT2D eigenvalue weighted by Gasteiger charge is 2.56. The summed E-state index contributed by atoms with van der Waals surface area (Å²) in [7, 11) is 0. The van der Waals surface area contributed by atoms with E-state index in [1.54, 1.807) is 0 Å². The van der Waals surface area contributed by atoms with E-state index in [9.17, 15) is 71.2 Å². The van der Waals surface area contributed by atoms with Crippen molar-refractivity contribution < 1.29 is 104 Å². The monoisotopic (exact) mass is 802 g/mol. The van der Waals surface area contributed by atoms with Gasteiger partial charge in [-0.25, -0.2) is 4.79 Å². The molecule has 0 spiro atoms. The van der Waals surface area contributed by atoms with Gasteiger partial charge in [-0.2, -0.15) is 0 Å². The first-order chi connectivity index (χ1) is 26.7. The van der Waals surface area contributed by atoms with Gasteiger partial charge >= 0.3 is 5.97 Å². The normalized spacial score (nSPS) is 36.4. The van der Waals surface area contributed by atoms with Gasteiger partial charge in [0, 0.05) is 11.6 Å². The molecule has 3 heterocycles. The molecule has 2 aromatic carbocycles. The fourth-order valence-corrected chi connectivity index (χ4v) is 6.30. The molecule has 0 aromatic heterocycles. The lowest BCUT2D eigenvalue weighted by Crippen LogP contribution is -2.67. The number of phenolic OH excluding ortho intramolecular Hbond substituents is 4. The number of benzene rings is 2. The molecule has 0 saturated carbocycles. The Morgan fingerprint density at radius 1 is 0.625 bits per heavy atom. The van der Waals surface area contributed by atoms with Gasteiger partial charge in [-0.3, -0.25) is 0 Å². The van der Waals surface area contributed by atoms with E-state index in [1.807, 2.05) is 0 Å². The lowest BCUT2D eigenvalue weighted by Gasteiger charge is -2.49. The van der Waals surface area contributed by atoms with Crippen molar-refractivity contribution in [1.29, 1.82) is 0 Å². The topological polar surface area (TPSA) is 345 Å². The summed E-state index contributed by atoms with van der Waals surface area (Å²) in [6.45, 7) is -2.90. The van der Waals surface area contributed by atoms with Crippen LogP contribution >= 0.6 is 0 Å². The van der Waals surface area contributed by atoms with Crippen LogP contribution in [0.15, 0.2) is 42.5 Å². The van der Waals surface area contributed by atoms with E-state index in [1.165, 1.54) is 36.4 Å². The van der Waals surface area contributed by atoms with Gasteiger partial charge in [0.15, 0.2) is 48.0 Å². The van der Waals surface area contributed by atoms with Gasteiger partial charge in [-0.15, -0.1) is 0 Å². The van der Waals surface area contributed by atoms with Gasteiger partial charge < -0.3 is 99.5 Å². The van der Waals surface area contributed by atoms with Crippen LogP contribution in [0.1, 0.15) is 11.1 Å². The summed E-state index contributed by atoms with van der Waals surface area (Å²) in [5, 5.41) is 133. The first-order valence-corrected chi connectivity index (χ1v) is 17.4. The molecule has 0 radical (unpaired) electrons. The molecule has 0 amide bonds. The van der Waals surface area contributed by atoms with Crippen LogP contribution in [0.25, 0.3) is 6.08 Å². The maximum atomic E-state index is 13.3. The lowest BCUT2D eigenvalue weighted by atomic mass is 9.95. The Kier molecular flexibility index (Phi) is 14.8. The molecule has 2 aromatic rings. The number of esters is 1. The maximum Gasteiger partial charge on any atom is 0.331 e. The molecule has 3 aliphatic rings. The first kappa shape index (κ1) is 43.4. The number of ether oxygens (including phenoxy) is 7. The van der Waals surface area contributed by atoms with Crippen LogP contribution in [0, 0.1) is 0 Å². The van der Waals surface area contributed by atoms with Crippen molar-refractivity contribution in [3.8, 4) is 23.0 Å². The Morgan fingerprint density at radius 3 is 1.77 bits per heavy atom. The predicted molar refractivity (Wildman–Crippen MR) is 181 cm³/mol. The number of phenols is 4. The van der Waals surface area contributed by atoms with Gasteiger partial charge in [0.2, 0.25) is 0 Å². The third-order valence-electron chi connectivity index (χ3n) is 9.46. The molecular weight excluding hydrogens is 756 g/mol. The van der Waals surface area contributed by atoms with Crippen LogP contribution in [0.3, 0.4) is 0 Å². The molecule has 3 aliphatic heterocycles. The highest BCUT2D eigenvalue weighted by atomic mass is 16.8. The summed E-state index contributed by atoms with van der Waals surface area (Å²) in [5.74, 6) is -3.03. The molecule has 5 rings (SSSR count). The molecule has 21 nitrogen and oxygen atoms in total. The van der Waals surface area contributed by atoms with Crippen molar-refractivity contribution in [2.75, 3.05) is 26.4 Å². The van der Waals surface area contributed by atoms with E-state index in [2.05, 4.69) is 0 Å². The number of hydrogen-bond acceptors (Lipinski definition) is 21. The van der Waals surface area contributed by atoms with Gasteiger partial charge in [-0.05, 0) is 36.3 Å². The SMILES string of the molecule is O=C(/C=C/c1cccc(O)c1O)O[C@H]1[C@H](O[C@@H]2O[C@H](CO)[C@@H](O)[C@H](O)[C@H]2O)[C@@H](O[C@@H]2O[C@H](CO)[C@@H](O)[C@H](O)[C@H]2O)[C@H](OCCc2ccc(O)c(O)c2)O[C@@H]1CO. The van der Waals surface area contributed by atoms with Crippen LogP contribution < -0.4 is 0 Å². The second-order valence-corrected chi connectivity index (χ2v) is 13.2. The van der Waals surface area contributed by atoms with E-state index < -0.39 is 135 Å². The van der Waals surface area contributed by atoms with Crippen LogP contribution in [0.2, 0.25) is 0 Å². The van der Waals surface area contributed by atoms with Gasteiger partial charge in [0.25, 0.3) is 0 Å². The maximum absolute atomic E-state index is 13.3. The fraction of sp³-hybridized carbons (Fsp3) is 0.571. The number of hydrogen-bond donors (Lipinski definition) is 13. The average molecular weight is 803 g/mol. The van der Waals surface area contributed by atoms with Crippen molar-refractivity contribution >= 4 is 12.0 Å². The minimum absolute atomic E-state index is 0.00564. The Labute approximate surface area is 317 Å². The molecule has 15 atom stereocenters. The van der Waals surface area contributed by atoms with E-state index in [0.29, 0.717) is 5.56 Å². The Bertz CT molecular complexity index is 1620. The van der Waals surface area contributed by atoms with E-state index in [0.717, 1.165) is 12.2 Å². The fourth-order valence-electron chi connectivity index (χ4n) is 6.30. The minimum atomic E-state index is -2.04. The van der Waals surface area contributed by atoms with Crippen molar-refractivity contribution in [2.45, 2.75) is 98.5 Å². The summed E-state index contributed by atoms with van der Waals surface area (Å²) in [6.07, 6.45) is -25.2. The standard InChI is InChI=1S/C35H46O21/c36-11-19-24(44)26(46)28(48)33(51-19)55-31-30(54-22(42)7-5-15-2-1-3-17(40)23(15)43)21(13-38)53-35(50-9-8-14-4-6-16(39)18(41)10-14)32(31)56-34-29(49)27(47)25(45)20(12-37)52-34/h1-7,10,19-21,24-41,43-49H,8-9,11-13H2/b7-5+/t19-,20-,21-,24-,25-,26+,27+,28-,29-,30-,31+,32-,33+,34+,35-/m1/s1. The number of carbonyl (C=O) groups is 1. The predicted octanol–water partition coefficient (Wildman–Crippen LogP) is -4.22. The average Bonchev–Trinajstić information content (AvgIpc) is 3.18. The molecule has 13 N–H and O–H groups in total. The summed E-state index contributed by atoms with van der Waals surface area (Å²) >= 11 is 0. The van der Waals surface area contributed by atoms with Crippen molar-refractivity contribution in [3.63, 3.8) is 0 Å². The minimum Gasteiger partial charge on any atom is -0.504 e. The third kappa shape index (κ3) is 9.67. The lowest BCUT2D eigenvalue weighted by molar-refractivity contribution is -0.391. The molecule has 0 aliphatic carbocycles. The summed E-state index contributed by atoms with van der Waals surface area (Å²) in [6, 6.07) is 7.89. The quantitative estimate of drug-likeness (QED) is 0.0489. The molecule has 3 saturated heterocycles. The Balaban J connectivity index is 1.52. The van der Waals surface area contributed by atoms with Crippen LogP contribution in [-0.4, -0.2) is 191 Å². The zero-order valence-corrected chi connectivity index (χ0v) is 29.4. The number of aliphatic hydroxyl groups excluding tert-OH is 9. The smallest absolute Gasteiger partial charge is 0.331 e. The summed E-state index contributed by atoms with van der Waals surface area (Å²) in [5.41, 5.74) is 0.459. The van der Waals surface area contributed by atoms with E-state index in [4.69, 9.17) is 33.2 Å². The van der Waals surface area contributed by atoms with Crippen LogP contribution in [0.5, 0.6) is 23.0 Å². The van der Waals surface area contributed by atoms with E-state index >= 15 is 0 Å². The highest BCUT2D eigenvalue weighted by molar-refractivity contribution is 5.88. The summed E-state index contributed by atoms with van der Waals surface area (Å²) in [4.78, 5) is 13.3. The number of aliphatic hydroxyl groups is 9. The molecule has 0 bridgehead atoms. The third-order valence-corrected chi connectivity index (χ3v) is 9.46. The van der Waals surface area contributed by atoms with E-state index in [-0.39, 0.29) is 24.3 Å². The number of rotatable bonds is 14. The molecule has 312 valence electrons. The Morgan fingerprint density at radius 2 is 1.20 bits per heavy atom.